The van der Waals surface area contributed by atoms with Crippen LogP contribution in [-0.2, 0) is 0 Å². The van der Waals surface area contributed by atoms with E-state index in [1.54, 1.807) is 6.07 Å². The number of nitrogens with zero attached hydrogens (tertiary/aromatic N) is 1. The van der Waals surface area contributed by atoms with Crippen LogP contribution in [0.3, 0.4) is 0 Å². The van der Waals surface area contributed by atoms with Crippen molar-refractivity contribution in [2.45, 2.75) is 19.3 Å². The first-order valence-electron chi connectivity index (χ1n) is 4.89. The number of hydrogen-bond donors (Lipinski definition) is 0. The Morgan fingerprint density at radius 1 is 1.21 bits per heavy atom. The van der Waals surface area contributed by atoms with Crippen LogP contribution in [-0.4, -0.2) is 13.1 Å². The molecule has 0 bridgehead atoms. The van der Waals surface area contributed by atoms with E-state index < -0.39 is 0 Å². The molecule has 0 aromatic carbocycles. The molecule has 1 N–H and O–H groups in total. The third kappa shape index (κ3) is 2.05. The monoisotopic (exact) mass is 259 g/mol. The molecule has 0 spiro atoms. The summed E-state index contributed by atoms with van der Waals surface area (Å²) in [5, 5.41) is 0. The summed E-state index contributed by atoms with van der Waals surface area (Å²) < 4.78 is 14.3. The van der Waals surface area contributed by atoms with Crippen molar-refractivity contribution in [2.75, 3.05) is 18.0 Å². The van der Waals surface area contributed by atoms with Crippen molar-refractivity contribution in [3.05, 3.63) is 22.6 Å². The first kappa shape index (κ1) is 9.90. The Balaban J connectivity index is 2.24. The average Bonchev–Trinajstić information content (AvgIpc) is 2.23. The second-order valence-corrected chi connectivity index (χ2v) is 4.40. The molecule has 1 aromatic heterocycles. The van der Waals surface area contributed by atoms with Crippen LogP contribution in [0.15, 0.2) is 16.7 Å². The lowest BCUT2D eigenvalue weighted by Crippen LogP contribution is -2.35. The van der Waals surface area contributed by atoms with Crippen LogP contribution >= 0.6 is 15.9 Å². The summed E-state index contributed by atoms with van der Waals surface area (Å²) in [6, 6.07) is 3.17. The molecule has 0 unspecified atom stereocenters. The molecule has 1 saturated heterocycles. The predicted molar refractivity (Wildman–Crippen MR) is 56.7 cm³/mol. The molecule has 2 heterocycles. The number of aromatic amines is 1. The molecule has 14 heavy (non-hydrogen) atoms. The number of anilines is 1. The Morgan fingerprint density at radius 3 is 2.64 bits per heavy atom. The molecule has 76 valence electrons. The molecule has 0 aliphatic carbocycles. The number of halogens is 2. The standard InChI is InChI=1S/C10H12BrFN2/c11-9-5-4-8(12)10(13-9)14-6-2-1-3-7-14/h4-5H,1-3,6-7H2/p+1. The SMILES string of the molecule is Fc1ccc(Br)[nH+]c1N1CCCCC1. The van der Waals surface area contributed by atoms with Gasteiger partial charge in [-0.15, -0.1) is 0 Å². The van der Waals surface area contributed by atoms with Crippen LogP contribution in [0.25, 0.3) is 0 Å². The molecule has 0 saturated carbocycles. The molecular weight excluding hydrogens is 247 g/mol. The maximum Gasteiger partial charge on any atom is 0.311 e. The number of rotatable bonds is 1. The van der Waals surface area contributed by atoms with Gasteiger partial charge in [-0.3, -0.25) is 4.90 Å². The molecule has 1 aliphatic rings. The van der Waals surface area contributed by atoms with Crippen molar-refractivity contribution < 1.29 is 9.37 Å². The molecule has 2 rings (SSSR count). The zero-order valence-electron chi connectivity index (χ0n) is 7.89. The lowest BCUT2D eigenvalue weighted by Gasteiger charge is -2.21. The number of H-pyrrole nitrogens is 1. The lowest BCUT2D eigenvalue weighted by molar-refractivity contribution is -0.381. The Labute approximate surface area is 91.3 Å². The molecule has 1 fully saturated rings. The molecule has 4 heteroatoms. The fraction of sp³-hybridized carbons (Fsp3) is 0.500. The van der Waals surface area contributed by atoms with Gasteiger partial charge in [-0.2, -0.15) is 4.39 Å². The molecule has 0 radical (unpaired) electrons. The van der Waals surface area contributed by atoms with Crippen molar-refractivity contribution in [2.24, 2.45) is 0 Å². The van der Waals surface area contributed by atoms with E-state index in [2.05, 4.69) is 25.8 Å². The van der Waals surface area contributed by atoms with Crippen molar-refractivity contribution in [3.8, 4) is 0 Å². The summed E-state index contributed by atoms with van der Waals surface area (Å²) in [6.45, 7) is 1.90. The first-order chi connectivity index (χ1) is 6.77. The van der Waals surface area contributed by atoms with Gasteiger partial charge in [-0.05, 0) is 47.3 Å². The van der Waals surface area contributed by atoms with Crippen LogP contribution in [0.4, 0.5) is 10.2 Å². The van der Waals surface area contributed by atoms with E-state index in [0.29, 0.717) is 5.82 Å². The molecule has 1 aliphatic heterocycles. The zero-order valence-corrected chi connectivity index (χ0v) is 9.48. The smallest absolute Gasteiger partial charge is 0.259 e. The Bertz CT molecular complexity index is 324. The van der Waals surface area contributed by atoms with E-state index in [1.807, 2.05) is 0 Å². The minimum Gasteiger partial charge on any atom is -0.259 e. The Morgan fingerprint density at radius 2 is 1.93 bits per heavy atom. The van der Waals surface area contributed by atoms with Gasteiger partial charge in [0.2, 0.25) is 5.82 Å². The van der Waals surface area contributed by atoms with Crippen LogP contribution < -0.4 is 9.88 Å². The van der Waals surface area contributed by atoms with Gasteiger partial charge in [0.05, 0.1) is 13.1 Å². The van der Waals surface area contributed by atoms with Crippen LogP contribution in [0.5, 0.6) is 0 Å². The normalized spacial score (nSPS) is 17.1. The zero-order chi connectivity index (χ0) is 9.97. The van der Waals surface area contributed by atoms with Crippen LogP contribution in [0, 0.1) is 5.82 Å². The second-order valence-electron chi connectivity index (χ2n) is 3.55. The average molecular weight is 260 g/mol. The van der Waals surface area contributed by atoms with E-state index in [1.165, 1.54) is 12.5 Å². The highest BCUT2D eigenvalue weighted by Crippen LogP contribution is 2.19. The maximum absolute atomic E-state index is 13.5. The van der Waals surface area contributed by atoms with E-state index in [-0.39, 0.29) is 5.82 Å². The number of nitrogens with one attached hydrogen (secondary N) is 1. The van der Waals surface area contributed by atoms with Crippen LogP contribution in [0.1, 0.15) is 19.3 Å². The quantitative estimate of drug-likeness (QED) is 0.709. The highest BCUT2D eigenvalue weighted by molar-refractivity contribution is 9.10. The second kappa shape index (κ2) is 4.26. The fourth-order valence-corrected chi connectivity index (χ4v) is 2.11. The number of piperidine rings is 1. The number of pyridine rings is 1. The largest absolute Gasteiger partial charge is 0.311 e. The lowest BCUT2D eigenvalue weighted by atomic mass is 10.1. The highest BCUT2D eigenvalue weighted by Gasteiger charge is 2.22. The highest BCUT2D eigenvalue weighted by atomic mass is 79.9. The minimum absolute atomic E-state index is 0.171. The van der Waals surface area contributed by atoms with Gasteiger partial charge in [0.1, 0.15) is 0 Å². The molecule has 0 amide bonds. The van der Waals surface area contributed by atoms with E-state index in [0.717, 1.165) is 30.5 Å². The molecule has 2 nitrogen and oxygen atoms in total. The Kier molecular flexibility index (Phi) is 3.01. The van der Waals surface area contributed by atoms with E-state index in [4.69, 9.17) is 0 Å². The third-order valence-electron chi connectivity index (χ3n) is 2.51. The van der Waals surface area contributed by atoms with Crippen molar-refractivity contribution in [3.63, 3.8) is 0 Å². The summed E-state index contributed by atoms with van der Waals surface area (Å²) in [6.07, 6.45) is 3.56. The van der Waals surface area contributed by atoms with Gasteiger partial charge in [0, 0.05) is 0 Å². The Hall–Kier alpha value is -0.640. The summed E-state index contributed by atoms with van der Waals surface area (Å²) in [5.41, 5.74) is 0. The van der Waals surface area contributed by atoms with Gasteiger partial charge in [0.15, 0.2) is 4.60 Å². The number of hydrogen-bond acceptors (Lipinski definition) is 1. The first-order valence-corrected chi connectivity index (χ1v) is 5.69. The number of aromatic nitrogens is 1. The van der Waals surface area contributed by atoms with Gasteiger partial charge in [0.25, 0.3) is 0 Å². The van der Waals surface area contributed by atoms with Crippen molar-refractivity contribution in [1.29, 1.82) is 0 Å². The van der Waals surface area contributed by atoms with E-state index >= 15 is 0 Å². The van der Waals surface area contributed by atoms with E-state index in [9.17, 15) is 4.39 Å². The molecular formula is C10H13BrFN2+. The molecule has 0 atom stereocenters. The van der Waals surface area contributed by atoms with Crippen molar-refractivity contribution >= 4 is 21.7 Å². The summed E-state index contributed by atoms with van der Waals surface area (Å²) in [7, 11) is 0. The van der Waals surface area contributed by atoms with Crippen molar-refractivity contribution in [1.82, 2.24) is 0 Å². The summed E-state index contributed by atoms with van der Waals surface area (Å²) >= 11 is 3.31. The predicted octanol–water partition coefficient (Wildman–Crippen LogP) is 2.39. The van der Waals surface area contributed by atoms with Crippen LogP contribution in [0.2, 0.25) is 0 Å². The maximum atomic E-state index is 13.5. The summed E-state index contributed by atoms with van der Waals surface area (Å²) in [5.74, 6) is 0.439. The van der Waals surface area contributed by atoms with Gasteiger partial charge < -0.3 is 0 Å². The third-order valence-corrected chi connectivity index (χ3v) is 2.97. The minimum atomic E-state index is -0.171. The van der Waals surface area contributed by atoms with Gasteiger partial charge >= 0.3 is 5.82 Å². The van der Waals surface area contributed by atoms with Gasteiger partial charge in [-0.25, -0.2) is 4.98 Å². The summed E-state index contributed by atoms with van der Waals surface area (Å²) in [4.78, 5) is 5.09. The van der Waals surface area contributed by atoms with Gasteiger partial charge in [-0.1, -0.05) is 0 Å². The molecule has 1 aromatic rings. The topological polar surface area (TPSA) is 17.4 Å². The fourth-order valence-electron chi connectivity index (χ4n) is 1.79.